The lowest BCUT2D eigenvalue weighted by Crippen LogP contribution is -2.28. The normalized spacial score (nSPS) is 22.2. The maximum atomic E-state index is 11.9. The van der Waals surface area contributed by atoms with Crippen molar-refractivity contribution in [1.29, 1.82) is 0 Å². The first-order chi connectivity index (χ1) is 7.99. The van der Waals surface area contributed by atoms with E-state index in [0.717, 1.165) is 9.35 Å². The standard InChI is InChI=1S/C11H12BrNO3S/c1-13(4-6-2-9(12)17-5-6)10(14)7-3-8(7)11(15)16/h2,5,7-8H,3-4H2,1H3,(H,15,16)/t7-,8-/m1/s1. The van der Waals surface area contributed by atoms with Crippen LogP contribution in [0.3, 0.4) is 0 Å². The topological polar surface area (TPSA) is 57.6 Å². The number of carbonyl (C=O) groups excluding carboxylic acids is 1. The van der Waals surface area contributed by atoms with E-state index < -0.39 is 11.9 Å². The summed E-state index contributed by atoms with van der Waals surface area (Å²) in [7, 11) is 1.71. The highest BCUT2D eigenvalue weighted by Crippen LogP contribution is 2.40. The lowest BCUT2D eigenvalue weighted by Gasteiger charge is -2.16. The van der Waals surface area contributed by atoms with Crippen LogP contribution >= 0.6 is 27.3 Å². The Labute approximate surface area is 111 Å². The van der Waals surface area contributed by atoms with Gasteiger partial charge in [-0.15, -0.1) is 11.3 Å². The molecule has 1 heterocycles. The number of hydrogen-bond acceptors (Lipinski definition) is 3. The first-order valence-corrected chi connectivity index (χ1v) is 6.87. The summed E-state index contributed by atoms with van der Waals surface area (Å²) in [5.74, 6) is -1.73. The lowest BCUT2D eigenvalue weighted by atomic mass is 10.2. The third-order valence-electron chi connectivity index (χ3n) is 2.84. The molecule has 0 saturated heterocycles. The number of nitrogens with zero attached hydrogens (tertiary/aromatic N) is 1. The molecule has 1 aromatic heterocycles. The second-order valence-electron chi connectivity index (χ2n) is 4.24. The summed E-state index contributed by atoms with van der Waals surface area (Å²) in [5, 5.41) is 10.8. The van der Waals surface area contributed by atoms with Gasteiger partial charge in [-0.25, -0.2) is 0 Å². The predicted molar refractivity (Wildman–Crippen MR) is 67.7 cm³/mol. The lowest BCUT2D eigenvalue weighted by molar-refractivity contribution is -0.141. The van der Waals surface area contributed by atoms with E-state index in [1.807, 2.05) is 11.4 Å². The van der Waals surface area contributed by atoms with Gasteiger partial charge in [0.15, 0.2) is 0 Å². The van der Waals surface area contributed by atoms with Crippen molar-refractivity contribution >= 4 is 39.1 Å². The van der Waals surface area contributed by atoms with Crippen LogP contribution in [0.25, 0.3) is 0 Å². The molecule has 17 heavy (non-hydrogen) atoms. The van der Waals surface area contributed by atoms with Crippen molar-refractivity contribution in [3.8, 4) is 0 Å². The van der Waals surface area contributed by atoms with Crippen molar-refractivity contribution in [1.82, 2.24) is 4.90 Å². The van der Waals surface area contributed by atoms with E-state index in [2.05, 4.69) is 15.9 Å². The van der Waals surface area contributed by atoms with Crippen molar-refractivity contribution in [2.24, 2.45) is 11.8 Å². The fourth-order valence-electron chi connectivity index (χ4n) is 1.80. The van der Waals surface area contributed by atoms with E-state index in [1.54, 1.807) is 23.3 Å². The van der Waals surface area contributed by atoms with Crippen LogP contribution in [-0.2, 0) is 16.1 Å². The molecule has 0 bridgehead atoms. The Balaban J connectivity index is 1.91. The molecule has 1 saturated carbocycles. The summed E-state index contributed by atoms with van der Waals surface area (Å²) in [6.07, 6.45) is 0.478. The molecule has 1 N–H and O–H groups in total. The van der Waals surface area contributed by atoms with Crippen molar-refractivity contribution in [2.45, 2.75) is 13.0 Å². The molecule has 1 aromatic rings. The van der Waals surface area contributed by atoms with Gasteiger partial charge in [0.25, 0.3) is 0 Å². The van der Waals surface area contributed by atoms with Gasteiger partial charge in [-0.1, -0.05) is 0 Å². The SMILES string of the molecule is CN(Cc1csc(Br)c1)C(=O)[C@@H]1C[C@H]1C(=O)O. The third-order valence-corrected chi connectivity index (χ3v) is 4.40. The van der Waals surface area contributed by atoms with Crippen LogP contribution in [0.2, 0.25) is 0 Å². The highest BCUT2D eigenvalue weighted by Gasteiger charge is 2.49. The molecule has 0 aliphatic heterocycles. The zero-order valence-electron chi connectivity index (χ0n) is 9.22. The number of hydrogen-bond donors (Lipinski definition) is 1. The molecule has 1 aliphatic carbocycles. The molecule has 2 rings (SSSR count). The number of amides is 1. The zero-order chi connectivity index (χ0) is 12.6. The molecular weight excluding hydrogens is 306 g/mol. The Morgan fingerprint density at radius 1 is 1.59 bits per heavy atom. The van der Waals surface area contributed by atoms with Crippen molar-refractivity contribution in [3.05, 3.63) is 20.8 Å². The average Bonchev–Trinajstić information content (AvgIpc) is 2.96. The first kappa shape index (κ1) is 12.6. The fraction of sp³-hybridized carbons (Fsp3) is 0.455. The van der Waals surface area contributed by atoms with Crippen LogP contribution in [0.15, 0.2) is 15.2 Å². The van der Waals surface area contributed by atoms with Gasteiger partial charge in [0.05, 0.1) is 15.6 Å². The largest absolute Gasteiger partial charge is 0.481 e. The quantitative estimate of drug-likeness (QED) is 0.926. The van der Waals surface area contributed by atoms with Crippen molar-refractivity contribution in [3.63, 3.8) is 0 Å². The van der Waals surface area contributed by atoms with Crippen LogP contribution in [0.1, 0.15) is 12.0 Å². The zero-order valence-corrected chi connectivity index (χ0v) is 11.6. The Morgan fingerprint density at radius 3 is 2.76 bits per heavy atom. The minimum atomic E-state index is -0.866. The number of carbonyl (C=O) groups is 2. The van der Waals surface area contributed by atoms with Gasteiger partial charge < -0.3 is 10.0 Å². The number of rotatable bonds is 4. The van der Waals surface area contributed by atoms with Gasteiger partial charge in [-0.05, 0) is 39.4 Å². The van der Waals surface area contributed by atoms with E-state index in [4.69, 9.17) is 5.11 Å². The van der Waals surface area contributed by atoms with Crippen molar-refractivity contribution < 1.29 is 14.7 Å². The summed E-state index contributed by atoms with van der Waals surface area (Å²) in [5.41, 5.74) is 1.06. The minimum absolute atomic E-state index is 0.0697. The summed E-state index contributed by atoms with van der Waals surface area (Å²) < 4.78 is 1.03. The van der Waals surface area contributed by atoms with Gasteiger partial charge in [-0.2, -0.15) is 0 Å². The molecule has 92 valence electrons. The maximum Gasteiger partial charge on any atom is 0.307 e. The second-order valence-corrected chi connectivity index (χ2v) is 6.53. The molecule has 0 unspecified atom stereocenters. The molecule has 2 atom stereocenters. The van der Waals surface area contributed by atoms with E-state index in [0.29, 0.717) is 13.0 Å². The first-order valence-electron chi connectivity index (χ1n) is 5.19. The highest BCUT2D eigenvalue weighted by atomic mass is 79.9. The summed E-state index contributed by atoms with van der Waals surface area (Å²) in [4.78, 5) is 24.2. The molecule has 0 radical (unpaired) electrons. The number of halogens is 1. The number of carboxylic acid groups (broad SMARTS) is 1. The van der Waals surface area contributed by atoms with Gasteiger partial charge in [0.1, 0.15) is 0 Å². The molecular formula is C11H12BrNO3S. The molecule has 1 aliphatic rings. The molecule has 1 amide bonds. The van der Waals surface area contributed by atoms with Crippen LogP contribution < -0.4 is 0 Å². The highest BCUT2D eigenvalue weighted by molar-refractivity contribution is 9.11. The number of carboxylic acids is 1. The van der Waals surface area contributed by atoms with Crippen LogP contribution in [0.4, 0.5) is 0 Å². The third kappa shape index (κ3) is 2.87. The predicted octanol–water partition coefficient (Wildman–Crippen LogP) is 2.19. The molecule has 6 heteroatoms. The molecule has 0 spiro atoms. The fourth-order valence-corrected chi connectivity index (χ4v) is 3.00. The van der Waals surface area contributed by atoms with Gasteiger partial charge in [-0.3, -0.25) is 9.59 Å². The van der Waals surface area contributed by atoms with Crippen molar-refractivity contribution in [2.75, 3.05) is 7.05 Å². The molecule has 0 aromatic carbocycles. The number of aliphatic carboxylic acids is 1. The van der Waals surface area contributed by atoms with Crippen LogP contribution in [0.5, 0.6) is 0 Å². The second kappa shape index (κ2) is 4.78. The molecule has 1 fully saturated rings. The van der Waals surface area contributed by atoms with Crippen LogP contribution in [-0.4, -0.2) is 28.9 Å². The van der Waals surface area contributed by atoms with Gasteiger partial charge in [0.2, 0.25) is 5.91 Å². The van der Waals surface area contributed by atoms with Crippen LogP contribution in [0, 0.1) is 11.8 Å². The minimum Gasteiger partial charge on any atom is -0.481 e. The number of thiophene rings is 1. The van der Waals surface area contributed by atoms with Gasteiger partial charge in [0, 0.05) is 13.6 Å². The summed E-state index contributed by atoms with van der Waals surface area (Å²) in [6, 6.07) is 1.97. The van der Waals surface area contributed by atoms with Gasteiger partial charge >= 0.3 is 5.97 Å². The Morgan fingerprint density at radius 2 is 2.29 bits per heavy atom. The van der Waals surface area contributed by atoms with E-state index in [1.165, 1.54) is 0 Å². The average molecular weight is 318 g/mol. The smallest absolute Gasteiger partial charge is 0.307 e. The maximum absolute atomic E-state index is 11.9. The van der Waals surface area contributed by atoms with E-state index in [9.17, 15) is 9.59 Å². The van der Waals surface area contributed by atoms with E-state index >= 15 is 0 Å². The Kier molecular flexibility index (Phi) is 3.53. The summed E-state index contributed by atoms with van der Waals surface area (Å²) >= 11 is 4.94. The summed E-state index contributed by atoms with van der Waals surface area (Å²) in [6.45, 7) is 0.532. The monoisotopic (exact) mass is 317 g/mol. The van der Waals surface area contributed by atoms with E-state index in [-0.39, 0.29) is 11.8 Å². The Hall–Kier alpha value is -0.880. The molecule has 4 nitrogen and oxygen atoms in total. The Bertz CT molecular complexity index is 459.